The molecule has 0 unspecified atom stereocenters. The van der Waals surface area contributed by atoms with Crippen LogP contribution in [0, 0.1) is 0 Å². The highest BCUT2D eigenvalue weighted by Gasteiger charge is 2.13. The Balaban J connectivity index is 3.45. The lowest BCUT2D eigenvalue weighted by molar-refractivity contribution is -0.149. The third-order valence-electron chi connectivity index (χ3n) is 0.744. The van der Waals surface area contributed by atoms with Gasteiger partial charge in [0, 0.05) is 6.54 Å². The molecule has 0 saturated carbocycles. The largest absolute Gasteiger partial charge is 0.467 e. The number of aliphatic hydroxyl groups excluding tert-OH is 1. The summed E-state index contributed by atoms with van der Waals surface area (Å²) in [5, 5.41) is 8.70. The third-order valence-corrected chi connectivity index (χ3v) is 0.898. The summed E-state index contributed by atoms with van der Waals surface area (Å²) in [5.41, 5.74) is 0. The van der Waals surface area contributed by atoms with E-state index in [2.05, 4.69) is 9.57 Å². The summed E-state index contributed by atoms with van der Waals surface area (Å²) in [7, 11) is 1.19. The van der Waals surface area contributed by atoms with Gasteiger partial charge in [-0.3, -0.25) is 0 Å². The molecule has 0 saturated heterocycles. The monoisotopic (exact) mass is 153 g/mol. The zero-order valence-corrected chi connectivity index (χ0v) is 5.68. The molecule has 0 aromatic heterocycles. The van der Waals surface area contributed by atoms with E-state index in [-0.39, 0.29) is 6.54 Å². The number of ether oxygens (including phenoxy) is 1. The molecule has 2 N–H and O–H groups in total. The van der Waals surface area contributed by atoms with Gasteiger partial charge in [0.05, 0.1) is 7.11 Å². The normalized spacial score (nSPS) is 12.8. The van der Waals surface area contributed by atoms with Crippen molar-refractivity contribution in [3.8, 4) is 0 Å². The Morgan fingerprint density at radius 1 is 2.00 bits per heavy atom. The van der Waals surface area contributed by atoms with Crippen molar-refractivity contribution in [1.29, 1.82) is 0 Å². The van der Waals surface area contributed by atoms with Gasteiger partial charge in [-0.15, -0.1) is 0 Å². The van der Waals surface area contributed by atoms with Crippen molar-refractivity contribution in [1.82, 2.24) is 4.84 Å². The molecule has 0 aromatic carbocycles. The summed E-state index contributed by atoms with van der Waals surface area (Å²) >= 11 is 4.98. The molecular formula is C4H8ClNO3. The minimum atomic E-state index is -1.17. The van der Waals surface area contributed by atoms with E-state index in [9.17, 15) is 4.79 Å². The lowest BCUT2D eigenvalue weighted by atomic mass is 10.4. The maximum atomic E-state index is 10.3. The highest BCUT2D eigenvalue weighted by molar-refractivity contribution is 6.13. The Morgan fingerprint density at radius 2 is 2.56 bits per heavy atom. The molecule has 0 aromatic rings. The average molecular weight is 154 g/mol. The van der Waals surface area contributed by atoms with Gasteiger partial charge in [0.15, 0.2) is 6.10 Å². The second-order valence-electron chi connectivity index (χ2n) is 1.38. The van der Waals surface area contributed by atoms with Gasteiger partial charge in [-0.1, -0.05) is 0 Å². The molecule has 0 spiro atoms. The van der Waals surface area contributed by atoms with Crippen LogP contribution in [0.5, 0.6) is 0 Å². The van der Waals surface area contributed by atoms with E-state index < -0.39 is 12.1 Å². The highest BCUT2D eigenvalue weighted by Crippen LogP contribution is 1.84. The van der Waals surface area contributed by atoms with Crippen LogP contribution in [0.25, 0.3) is 0 Å². The first-order chi connectivity index (χ1) is 4.22. The lowest BCUT2D eigenvalue weighted by Gasteiger charge is -2.04. The molecule has 0 bridgehead atoms. The molecule has 0 aliphatic rings. The molecule has 0 amide bonds. The van der Waals surface area contributed by atoms with E-state index in [4.69, 9.17) is 16.9 Å². The Bertz CT molecular complexity index is 97.8. The minimum absolute atomic E-state index is 0.00573. The molecule has 0 radical (unpaired) electrons. The highest BCUT2D eigenvalue weighted by atomic mass is 35.5. The van der Waals surface area contributed by atoms with Crippen LogP contribution in [-0.2, 0) is 9.53 Å². The second kappa shape index (κ2) is 4.55. The van der Waals surface area contributed by atoms with E-state index >= 15 is 0 Å². The number of halogens is 1. The Kier molecular flexibility index (Phi) is 4.39. The molecule has 54 valence electrons. The summed E-state index contributed by atoms with van der Waals surface area (Å²) < 4.78 is 4.18. The van der Waals surface area contributed by atoms with Gasteiger partial charge in [-0.05, 0) is 11.8 Å². The topological polar surface area (TPSA) is 58.6 Å². The fraction of sp³-hybridized carbons (Fsp3) is 0.750. The molecule has 0 aliphatic heterocycles. The number of aliphatic hydroxyl groups is 1. The van der Waals surface area contributed by atoms with Crippen molar-refractivity contribution < 1.29 is 14.6 Å². The van der Waals surface area contributed by atoms with Crippen LogP contribution >= 0.6 is 11.8 Å². The zero-order valence-electron chi connectivity index (χ0n) is 4.93. The smallest absolute Gasteiger partial charge is 0.336 e. The molecular weight excluding hydrogens is 146 g/mol. The first-order valence-electron chi connectivity index (χ1n) is 2.31. The van der Waals surface area contributed by atoms with Gasteiger partial charge in [0.25, 0.3) is 0 Å². The van der Waals surface area contributed by atoms with E-state index in [1.165, 1.54) is 7.11 Å². The number of methoxy groups -OCH3 is 1. The van der Waals surface area contributed by atoms with Crippen LogP contribution in [0.15, 0.2) is 0 Å². The van der Waals surface area contributed by atoms with E-state index in [1.807, 2.05) is 0 Å². The number of rotatable bonds is 3. The van der Waals surface area contributed by atoms with Crippen molar-refractivity contribution >= 4 is 17.7 Å². The van der Waals surface area contributed by atoms with E-state index in [0.29, 0.717) is 0 Å². The molecule has 0 heterocycles. The molecule has 5 heteroatoms. The van der Waals surface area contributed by atoms with Gasteiger partial charge in [-0.25, -0.2) is 9.63 Å². The van der Waals surface area contributed by atoms with Crippen molar-refractivity contribution in [2.24, 2.45) is 0 Å². The number of esters is 1. The first-order valence-corrected chi connectivity index (χ1v) is 2.69. The van der Waals surface area contributed by atoms with Gasteiger partial charge in [0.1, 0.15) is 0 Å². The van der Waals surface area contributed by atoms with Gasteiger partial charge in [-0.2, -0.15) is 0 Å². The predicted molar refractivity (Wildman–Crippen MR) is 31.9 cm³/mol. The summed E-state index contributed by atoms with van der Waals surface area (Å²) in [6, 6.07) is 0. The maximum absolute atomic E-state index is 10.3. The standard InChI is InChI=1S/C4H8ClNO3/c1-9-4(8)3(7)2-6-5/h3,6-7H,2H2,1H3/t3-/m1/s1. The second-order valence-corrected chi connectivity index (χ2v) is 1.64. The predicted octanol–water partition coefficient (Wildman–Crippen LogP) is -0.736. The quantitative estimate of drug-likeness (QED) is 0.414. The van der Waals surface area contributed by atoms with Crippen LogP contribution in [-0.4, -0.2) is 30.8 Å². The third kappa shape index (κ3) is 3.29. The lowest BCUT2D eigenvalue weighted by Crippen LogP contribution is -2.30. The van der Waals surface area contributed by atoms with Crippen molar-refractivity contribution in [2.45, 2.75) is 6.10 Å². The van der Waals surface area contributed by atoms with Crippen LogP contribution < -0.4 is 4.84 Å². The van der Waals surface area contributed by atoms with Crippen LogP contribution in [0.4, 0.5) is 0 Å². The molecule has 9 heavy (non-hydrogen) atoms. The van der Waals surface area contributed by atoms with Gasteiger partial charge in [0.2, 0.25) is 0 Å². The summed E-state index contributed by atoms with van der Waals surface area (Å²) in [4.78, 5) is 12.4. The molecule has 0 fully saturated rings. The summed E-state index contributed by atoms with van der Waals surface area (Å²) in [6.07, 6.45) is -1.17. The van der Waals surface area contributed by atoms with Crippen molar-refractivity contribution in [3.05, 3.63) is 0 Å². The average Bonchev–Trinajstić information content (AvgIpc) is 1.87. The molecule has 4 nitrogen and oxygen atoms in total. The number of carbonyl (C=O) groups is 1. The molecule has 0 rings (SSSR count). The number of hydrogen-bond acceptors (Lipinski definition) is 4. The minimum Gasteiger partial charge on any atom is -0.467 e. The van der Waals surface area contributed by atoms with Crippen molar-refractivity contribution in [2.75, 3.05) is 13.7 Å². The van der Waals surface area contributed by atoms with E-state index in [1.54, 1.807) is 0 Å². The van der Waals surface area contributed by atoms with Crippen LogP contribution in [0.3, 0.4) is 0 Å². The van der Waals surface area contributed by atoms with Crippen molar-refractivity contribution in [3.63, 3.8) is 0 Å². The van der Waals surface area contributed by atoms with E-state index in [0.717, 1.165) is 0 Å². The number of carbonyl (C=O) groups excluding carboxylic acids is 1. The Hall–Kier alpha value is -0.320. The fourth-order valence-corrected chi connectivity index (χ4v) is 0.439. The summed E-state index contributed by atoms with van der Waals surface area (Å²) in [6.45, 7) is -0.00573. The first kappa shape index (κ1) is 8.68. The Labute approximate surface area is 57.9 Å². The fourth-order valence-electron chi connectivity index (χ4n) is 0.292. The SMILES string of the molecule is COC(=O)[C@H](O)CNCl. The number of hydrogen-bond donors (Lipinski definition) is 2. The van der Waals surface area contributed by atoms with Gasteiger partial charge < -0.3 is 9.84 Å². The zero-order chi connectivity index (χ0) is 7.28. The van der Waals surface area contributed by atoms with Gasteiger partial charge >= 0.3 is 5.97 Å². The number of nitrogens with one attached hydrogen (secondary N) is 1. The summed E-state index contributed by atoms with van der Waals surface area (Å²) in [5.74, 6) is -0.692. The van der Waals surface area contributed by atoms with Crippen LogP contribution in [0.1, 0.15) is 0 Å². The van der Waals surface area contributed by atoms with Crippen LogP contribution in [0.2, 0.25) is 0 Å². The Morgan fingerprint density at radius 3 is 2.89 bits per heavy atom. The molecule has 1 atom stereocenters. The maximum Gasteiger partial charge on any atom is 0.336 e. The molecule has 0 aliphatic carbocycles.